The van der Waals surface area contributed by atoms with Crippen molar-refractivity contribution >= 4 is 18.7 Å². The molecule has 3 aromatic rings. The van der Waals surface area contributed by atoms with Gasteiger partial charge in [0.05, 0.1) is 12.7 Å². The minimum Gasteiger partial charge on any atom is -0.388 e. The number of aliphatic hydroxyl groups excluding tert-OH is 1. The van der Waals surface area contributed by atoms with E-state index in [1.807, 2.05) is 91.0 Å². The van der Waals surface area contributed by atoms with E-state index in [9.17, 15) is 9.90 Å². The zero-order chi connectivity index (χ0) is 21.4. The zero-order valence-electron chi connectivity index (χ0n) is 17.7. The molecular formula is C26H30O3Si. The van der Waals surface area contributed by atoms with Crippen molar-refractivity contribution in [3.05, 3.63) is 102 Å². The van der Waals surface area contributed by atoms with Crippen molar-refractivity contribution in [1.29, 1.82) is 0 Å². The summed E-state index contributed by atoms with van der Waals surface area (Å²) in [5.74, 6) is -0.495. The minimum absolute atomic E-state index is 0.161. The van der Waals surface area contributed by atoms with Gasteiger partial charge in [0.25, 0.3) is 0 Å². The number of carbonyl (C=O) groups excluding carboxylic acids is 1. The van der Waals surface area contributed by atoms with Crippen LogP contribution in [0.4, 0.5) is 0 Å². The van der Waals surface area contributed by atoms with E-state index in [2.05, 4.69) is 13.1 Å². The highest BCUT2D eigenvalue weighted by Gasteiger charge is 2.40. The van der Waals surface area contributed by atoms with Crippen molar-refractivity contribution in [2.24, 2.45) is 5.92 Å². The maximum Gasteiger partial charge on any atom is 0.157 e. The first-order chi connectivity index (χ1) is 14.5. The molecule has 3 nitrogen and oxygen atoms in total. The van der Waals surface area contributed by atoms with Crippen molar-refractivity contribution in [3.8, 4) is 0 Å². The molecule has 0 aliphatic heterocycles. The van der Waals surface area contributed by atoms with Gasteiger partial charge in [-0.2, -0.15) is 0 Å². The number of aliphatic hydroxyl groups is 1. The molecule has 0 bridgehead atoms. The fourth-order valence-corrected chi connectivity index (χ4v) is 6.29. The topological polar surface area (TPSA) is 46.5 Å². The summed E-state index contributed by atoms with van der Waals surface area (Å²) in [6.45, 7) is 5.07. The summed E-state index contributed by atoms with van der Waals surface area (Å²) in [4.78, 5) is 13.7. The van der Waals surface area contributed by atoms with Crippen molar-refractivity contribution in [2.75, 3.05) is 6.61 Å². The van der Waals surface area contributed by atoms with E-state index in [1.165, 1.54) is 0 Å². The Labute approximate surface area is 180 Å². The lowest BCUT2D eigenvalue weighted by atomic mass is 9.94. The van der Waals surface area contributed by atoms with Crippen molar-refractivity contribution in [2.45, 2.75) is 32.2 Å². The lowest BCUT2D eigenvalue weighted by Crippen LogP contribution is -2.53. The summed E-state index contributed by atoms with van der Waals surface area (Å²) in [6.07, 6.45) is -0.347. The third-order valence-corrected chi connectivity index (χ3v) is 9.03. The molecule has 0 aliphatic carbocycles. The number of hydrogen-bond acceptors (Lipinski definition) is 3. The van der Waals surface area contributed by atoms with Gasteiger partial charge in [-0.3, -0.25) is 0 Å². The molecule has 30 heavy (non-hydrogen) atoms. The molecule has 156 valence electrons. The van der Waals surface area contributed by atoms with Crippen LogP contribution in [0.3, 0.4) is 0 Å². The summed E-state index contributed by atoms with van der Waals surface area (Å²) in [6, 6.07) is 29.4. The van der Waals surface area contributed by atoms with Crippen LogP contribution in [0.25, 0.3) is 0 Å². The molecule has 0 fully saturated rings. The van der Waals surface area contributed by atoms with Gasteiger partial charge in [-0.1, -0.05) is 109 Å². The van der Waals surface area contributed by atoms with Gasteiger partial charge in [0.1, 0.15) is 5.41 Å². The Balaban J connectivity index is 1.75. The van der Waals surface area contributed by atoms with Gasteiger partial charge in [-0.05, 0) is 17.5 Å². The zero-order valence-corrected chi connectivity index (χ0v) is 18.7. The van der Waals surface area contributed by atoms with E-state index >= 15 is 0 Å². The lowest BCUT2D eigenvalue weighted by molar-refractivity contribution is -0.120. The molecular weight excluding hydrogens is 388 g/mol. The SMILES string of the molecule is C[Si](C)(C(=O)[C@H](CCOCc1ccccc1)[C@@H](O)c1ccccc1)c1ccccc1. The van der Waals surface area contributed by atoms with Crippen LogP contribution in [-0.4, -0.2) is 25.2 Å². The summed E-state index contributed by atoms with van der Waals surface area (Å²) in [5.41, 5.74) is 1.87. The van der Waals surface area contributed by atoms with Gasteiger partial charge in [0, 0.05) is 12.5 Å². The molecule has 2 atom stereocenters. The van der Waals surface area contributed by atoms with E-state index in [0.717, 1.165) is 16.3 Å². The van der Waals surface area contributed by atoms with Crippen molar-refractivity contribution in [3.63, 3.8) is 0 Å². The highest BCUT2D eigenvalue weighted by atomic mass is 28.3. The third-order valence-electron chi connectivity index (χ3n) is 5.66. The summed E-state index contributed by atoms with van der Waals surface area (Å²) in [5, 5.41) is 12.4. The van der Waals surface area contributed by atoms with E-state index < -0.39 is 20.1 Å². The monoisotopic (exact) mass is 418 g/mol. The number of carbonyl (C=O) groups is 1. The Hall–Kier alpha value is -2.53. The van der Waals surface area contributed by atoms with Gasteiger partial charge in [-0.25, -0.2) is 0 Å². The molecule has 0 aromatic heterocycles. The average Bonchev–Trinajstić information content (AvgIpc) is 2.80. The second-order valence-corrected chi connectivity index (χ2v) is 12.5. The minimum atomic E-state index is -2.42. The van der Waals surface area contributed by atoms with Crippen LogP contribution >= 0.6 is 0 Å². The molecule has 3 aromatic carbocycles. The van der Waals surface area contributed by atoms with Crippen LogP contribution in [-0.2, 0) is 16.1 Å². The fraction of sp³-hybridized carbons (Fsp3) is 0.269. The van der Waals surface area contributed by atoms with E-state index in [1.54, 1.807) is 0 Å². The van der Waals surface area contributed by atoms with Crippen LogP contribution < -0.4 is 5.19 Å². The molecule has 1 N–H and O–H groups in total. The second-order valence-electron chi connectivity index (χ2n) is 8.14. The first-order valence-corrected chi connectivity index (χ1v) is 13.4. The van der Waals surface area contributed by atoms with Crippen LogP contribution in [0.2, 0.25) is 13.1 Å². The molecule has 0 radical (unpaired) electrons. The van der Waals surface area contributed by atoms with Gasteiger partial charge in [-0.15, -0.1) is 0 Å². The maximum absolute atomic E-state index is 13.7. The Kier molecular flexibility index (Phi) is 7.74. The summed E-state index contributed by atoms with van der Waals surface area (Å²) >= 11 is 0. The van der Waals surface area contributed by atoms with E-state index in [0.29, 0.717) is 19.6 Å². The highest BCUT2D eigenvalue weighted by molar-refractivity contribution is 7.13. The normalized spacial score (nSPS) is 13.6. The number of benzene rings is 3. The molecule has 0 saturated carbocycles. The Morgan fingerprint density at radius 1 is 0.867 bits per heavy atom. The third kappa shape index (κ3) is 5.54. The molecule has 3 rings (SSSR count). The first kappa shape index (κ1) is 22.2. The highest BCUT2D eigenvalue weighted by Crippen LogP contribution is 2.29. The molecule has 0 saturated heterocycles. The fourth-order valence-electron chi connectivity index (χ4n) is 3.75. The predicted octanol–water partition coefficient (Wildman–Crippen LogP) is 4.67. The van der Waals surface area contributed by atoms with Crippen LogP contribution in [0, 0.1) is 5.92 Å². The van der Waals surface area contributed by atoms with Gasteiger partial charge in [0.15, 0.2) is 8.07 Å². The van der Waals surface area contributed by atoms with Gasteiger partial charge in [0.2, 0.25) is 0 Å². The Morgan fingerprint density at radius 2 is 1.40 bits per heavy atom. The smallest absolute Gasteiger partial charge is 0.157 e. The van der Waals surface area contributed by atoms with Gasteiger partial charge >= 0.3 is 0 Å². The van der Waals surface area contributed by atoms with E-state index in [4.69, 9.17) is 4.74 Å². The quantitative estimate of drug-likeness (QED) is 0.384. The molecule has 0 heterocycles. The first-order valence-electron chi connectivity index (χ1n) is 10.4. The molecule has 0 unspecified atom stereocenters. The van der Waals surface area contributed by atoms with Crippen LogP contribution in [0.15, 0.2) is 91.0 Å². The summed E-state index contributed by atoms with van der Waals surface area (Å²) < 4.78 is 5.86. The lowest BCUT2D eigenvalue weighted by Gasteiger charge is -2.30. The number of hydrogen-bond donors (Lipinski definition) is 1. The largest absolute Gasteiger partial charge is 0.388 e. The number of rotatable bonds is 10. The maximum atomic E-state index is 13.7. The number of ether oxygens (including phenoxy) is 1. The van der Waals surface area contributed by atoms with Crippen LogP contribution in [0.5, 0.6) is 0 Å². The molecule has 4 heteroatoms. The average molecular weight is 419 g/mol. The molecule has 0 amide bonds. The standard InChI is InChI=1S/C26H30O3Si/c1-30(2,23-16-10-5-11-17-23)26(28)24(25(27)22-14-8-4-9-15-22)18-19-29-20-21-12-6-3-7-13-21/h3-17,24-25,27H,18-20H2,1-2H3/t24-,25+/m1/s1. The second kappa shape index (κ2) is 10.5. The van der Waals surface area contributed by atoms with Crippen molar-refractivity contribution < 1.29 is 14.6 Å². The van der Waals surface area contributed by atoms with Gasteiger partial charge < -0.3 is 14.6 Å². The Morgan fingerprint density at radius 3 is 2.00 bits per heavy atom. The predicted molar refractivity (Wildman–Crippen MR) is 124 cm³/mol. The summed E-state index contributed by atoms with van der Waals surface area (Å²) in [7, 11) is -2.42. The molecule has 0 spiro atoms. The van der Waals surface area contributed by atoms with E-state index in [-0.39, 0.29) is 5.41 Å². The molecule has 0 aliphatic rings. The van der Waals surface area contributed by atoms with Crippen molar-refractivity contribution in [1.82, 2.24) is 0 Å². The van der Waals surface area contributed by atoms with Crippen LogP contribution in [0.1, 0.15) is 23.7 Å². The Bertz CT molecular complexity index is 911.